The second kappa shape index (κ2) is 6.87. The number of hydrogen-bond acceptors (Lipinski definition) is 2. The molecule has 1 saturated heterocycles. The smallest absolute Gasteiger partial charge is 0.0321 e. The van der Waals surface area contributed by atoms with Crippen LogP contribution < -0.4 is 5.32 Å². The maximum absolute atomic E-state index is 3.65. The molecule has 1 aliphatic rings. The Hall–Kier alpha value is -0.380. The van der Waals surface area contributed by atoms with Crippen LogP contribution in [0.1, 0.15) is 38.8 Å². The summed E-state index contributed by atoms with van der Waals surface area (Å²) in [5.41, 5.74) is 1.41. The largest absolute Gasteiger partial charge is 0.311 e. The first kappa shape index (κ1) is 15.0. The van der Waals surface area contributed by atoms with Crippen molar-refractivity contribution in [3.63, 3.8) is 0 Å². The van der Waals surface area contributed by atoms with Crippen LogP contribution in [-0.4, -0.2) is 30.6 Å². The normalized spacial score (nSPS) is 22.7. The predicted octanol–water partition coefficient (Wildman–Crippen LogP) is 3.83. The molecule has 0 radical (unpaired) electrons. The van der Waals surface area contributed by atoms with E-state index in [1.807, 2.05) is 0 Å². The molecule has 2 atom stereocenters. The van der Waals surface area contributed by atoms with Gasteiger partial charge in [-0.15, -0.1) is 0 Å². The molecule has 0 bridgehead atoms. The topological polar surface area (TPSA) is 15.3 Å². The molecule has 1 N–H and O–H groups in total. The number of rotatable bonds is 4. The van der Waals surface area contributed by atoms with Gasteiger partial charge in [0.05, 0.1) is 0 Å². The van der Waals surface area contributed by atoms with Gasteiger partial charge in [0.1, 0.15) is 0 Å². The van der Waals surface area contributed by atoms with E-state index in [0.717, 1.165) is 30.0 Å². The van der Waals surface area contributed by atoms with Crippen molar-refractivity contribution >= 4 is 15.9 Å². The summed E-state index contributed by atoms with van der Waals surface area (Å²) in [4.78, 5) is 2.60. The quantitative estimate of drug-likeness (QED) is 0.905. The lowest BCUT2D eigenvalue weighted by Crippen LogP contribution is -2.51. The molecule has 1 fully saturated rings. The molecule has 0 saturated carbocycles. The molecule has 1 aliphatic heterocycles. The second-order valence-corrected chi connectivity index (χ2v) is 6.92. The first-order valence-corrected chi connectivity index (χ1v) is 8.08. The van der Waals surface area contributed by atoms with E-state index in [9.17, 15) is 0 Å². The third kappa shape index (κ3) is 4.30. The number of halogens is 1. The van der Waals surface area contributed by atoms with E-state index in [-0.39, 0.29) is 0 Å². The van der Waals surface area contributed by atoms with Crippen LogP contribution in [0.25, 0.3) is 0 Å². The molecule has 2 unspecified atom stereocenters. The van der Waals surface area contributed by atoms with E-state index in [1.54, 1.807) is 0 Å². The monoisotopic (exact) mass is 324 g/mol. The minimum Gasteiger partial charge on any atom is -0.311 e. The highest BCUT2D eigenvalue weighted by Crippen LogP contribution is 2.24. The van der Waals surface area contributed by atoms with Crippen molar-refractivity contribution in [1.29, 1.82) is 0 Å². The lowest BCUT2D eigenvalue weighted by Gasteiger charge is -2.38. The van der Waals surface area contributed by atoms with E-state index in [0.29, 0.717) is 12.1 Å². The van der Waals surface area contributed by atoms with Gasteiger partial charge in [0, 0.05) is 36.2 Å². The van der Waals surface area contributed by atoms with Crippen molar-refractivity contribution in [2.75, 3.05) is 19.6 Å². The second-order valence-electron chi connectivity index (χ2n) is 6.00. The standard InChI is InChI=1S/C16H25BrN2/c1-12(2)10-16-11-19(9-8-18-16)13(3)14-4-6-15(17)7-5-14/h4-7,12-13,16,18H,8-11H2,1-3H3. The highest BCUT2D eigenvalue weighted by Gasteiger charge is 2.24. The molecule has 19 heavy (non-hydrogen) atoms. The number of piperazine rings is 1. The molecule has 1 aromatic rings. The summed E-state index contributed by atoms with van der Waals surface area (Å²) in [6.07, 6.45) is 1.27. The predicted molar refractivity (Wildman–Crippen MR) is 85.4 cm³/mol. The Labute approximate surface area is 125 Å². The molecular formula is C16H25BrN2. The number of hydrogen-bond donors (Lipinski definition) is 1. The third-order valence-corrected chi connectivity index (χ3v) is 4.47. The van der Waals surface area contributed by atoms with Crippen molar-refractivity contribution in [2.24, 2.45) is 5.92 Å². The molecule has 0 amide bonds. The van der Waals surface area contributed by atoms with Crippen LogP contribution >= 0.6 is 15.9 Å². The molecular weight excluding hydrogens is 300 g/mol. The average molecular weight is 325 g/mol. The van der Waals surface area contributed by atoms with Crippen molar-refractivity contribution in [3.8, 4) is 0 Å². The van der Waals surface area contributed by atoms with Gasteiger partial charge in [-0.25, -0.2) is 0 Å². The number of benzene rings is 1. The van der Waals surface area contributed by atoms with Crippen LogP contribution in [-0.2, 0) is 0 Å². The van der Waals surface area contributed by atoms with Crippen LogP contribution in [0.3, 0.4) is 0 Å². The molecule has 2 rings (SSSR count). The van der Waals surface area contributed by atoms with Crippen LogP contribution in [0.2, 0.25) is 0 Å². The lowest BCUT2D eigenvalue weighted by atomic mass is 9.99. The minimum atomic E-state index is 0.505. The zero-order valence-corrected chi connectivity index (χ0v) is 13.8. The Kier molecular flexibility index (Phi) is 5.43. The molecule has 0 aromatic heterocycles. The van der Waals surface area contributed by atoms with Gasteiger partial charge in [0.25, 0.3) is 0 Å². The van der Waals surface area contributed by atoms with E-state index in [4.69, 9.17) is 0 Å². The summed E-state index contributed by atoms with van der Waals surface area (Å²) in [7, 11) is 0. The van der Waals surface area contributed by atoms with Gasteiger partial charge in [-0.05, 0) is 37.0 Å². The average Bonchev–Trinajstić information content (AvgIpc) is 2.38. The van der Waals surface area contributed by atoms with Gasteiger partial charge in [-0.1, -0.05) is 41.9 Å². The summed E-state index contributed by atoms with van der Waals surface area (Å²) in [5.74, 6) is 0.764. The fourth-order valence-electron chi connectivity index (χ4n) is 2.88. The zero-order chi connectivity index (χ0) is 13.8. The lowest BCUT2D eigenvalue weighted by molar-refractivity contribution is 0.144. The Bertz CT molecular complexity index is 388. The van der Waals surface area contributed by atoms with Crippen LogP contribution in [0.5, 0.6) is 0 Å². The Morgan fingerprint density at radius 1 is 1.26 bits per heavy atom. The van der Waals surface area contributed by atoms with Crippen LogP contribution in [0, 0.1) is 5.92 Å². The van der Waals surface area contributed by atoms with E-state index in [1.165, 1.54) is 12.0 Å². The summed E-state index contributed by atoms with van der Waals surface area (Å²) in [6.45, 7) is 10.3. The highest BCUT2D eigenvalue weighted by atomic mass is 79.9. The maximum atomic E-state index is 3.65. The molecule has 1 aromatic carbocycles. The Morgan fingerprint density at radius 2 is 1.95 bits per heavy atom. The SMILES string of the molecule is CC(C)CC1CN(C(C)c2ccc(Br)cc2)CCN1. The molecule has 0 spiro atoms. The highest BCUT2D eigenvalue weighted by molar-refractivity contribution is 9.10. The van der Waals surface area contributed by atoms with Gasteiger partial charge in [0.15, 0.2) is 0 Å². The van der Waals surface area contributed by atoms with Crippen molar-refractivity contribution in [1.82, 2.24) is 10.2 Å². The minimum absolute atomic E-state index is 0.505. The Morgan fingerprint density at radius 3 is 2.58 bits per heavy atom. The fourth-order valence-corrected chi connectivity index (χ4v) is 3.15. The summed E-state index contributed by atoms with van der Waals surface area (Å²) < 4.78 is 1.15. The van der Waals surface area contributed by atoms with Crippen LogP contribution in [0.4, 0.5) is 0 Å². The number of nitrogens with one attached hydrogen (secondary N) is 1. The first-order valence-electron chi connectivity index (χ1n) is 7.29. The Balaban J connectivity index is 1.98. The fraction of sp³-hybridized carbons (Fsp3) is 0.625. The van der Waals surface area contributed by atoms with E-state index >= 15 is 0 Å². The van der Waals surface area contributed by atoms with Crippen LogP contribution in [0.15, 0.2) is 28.7 Å². The van der Waals surface area contributed by atoms with E-state index < -0.39 is 0 Å². The van der Waals surface area contributed by atoms with Crippen molar-refractivity contribution in [3.05, 3.63) is 34.3 Å². The zero-order valence-electron chi connectivity index (χ0n) is 12.2. The van der Waals surface area contributed by atoms with Gasteiger partial charge in [-0.2, -0.15) is 0 Å². The molecule has 1 heterocycles. The molecule has 2 nitrogen and oxygen atoms in total. The van der Waals surface area contributed by atoms with Gasteiger partial charge >= 0.3 is 0 Å². The van der Waals surface area contributed by atoms with Gasteiger partial charge in [0.2, 0.25) is 0 Å². The first-order chi connectivity index (χ1) is 9.06. The maximum Gasteiger partial charge on any atom is 0.0321 e. The third-order valence-electron chi connectivity index (χ3n) is 3.94. The van der Waals surface area contributed by atoms with Gasteiger partial charge < -0.3 is 5.32 Å². The number of nitrogens with zero attached hydrogens (tertiary/aromatic N) is 1. The molecule has 106 valence electrons. The van der Waals surface area contributed by atoms with Crippen molar-refractivity contribution < 1.29 is 0 Å². The summed E-state index contributed by atoms with van der Waals surface area (Å²) in [5, 5.41) is 3.65. The summed E-state index contributed by atoms with van der Waals surface area (Å²) in [6, 6.07) is 9.89. The van der Waals surface area contributed by atoms with E-state index in [2.05, 4.69) is 71.2 Å². The molecule has 3 heteroatoms. The summed E-state index contributed by atoms with van der Waals surface area (Å²) >= 11 is 3.50. The van der Waals surface area contributed by atoms with Gasteiger partial charge in [-0.3, -0.25) is 4.90 Å². The molecule has 0 aliphatic carbocycles. The van der Waals surface area contributed by atoms with Crippen molar-refractivity contribution in [2.45, 2.75) is 39.3 Å².